The van der Waals surface area contributed by atoms with Gasteiger partial charge in [-0.2, -0.15) is 0 Å². The number of rotatable bonds is 2. The fraction of sp³-hybridized carbons (Fsp3) is 0.625. The summed E-state index contributed by atoms with van der Waals surface area (Å²) < 4.78 is 33.8. The maximum Gasteiger partial charge on any atom is 0.152 e. The summed E-state index contributed by atoms with van der Waals surface area (Å²) in [6.45, 7) is 6.65. The number of nitrogens with one attached hydrogen (secondary N) is 1. The Hall–Kier alpha value is -1.16. The molecule has 2 nitrogen and oxygen atoms in total. The maximum atomic E-state index is 14.1. The van der Waals surface area contributed by atoms with Gasteiger partial charge in [-0.25, -0.2) is 8.78 Å². The first kappa shape index (κ1) is 13.8. The highest BCUT2D eigenvalue weighted by molar-refractivity contribution is 5.51. The van der Waals surface area contributed by atoms with Crippen LogP contribution in [0.4, 0.5) is 14.5 Å². The Morgan fingerprint density at radius 3 is 2.80 bits per heavy atom. The molecule has 4 heteroatoms. The van der Waals surface area contributed by atoms with Gasteiger partial charge in [-0.15, -0.1) is 0 Å². The van der Waals surface area contributed by atoms with Crippen LogP contribution in [0.5, 0.6) is 0 Å². The van der Waals surface area contributed by atoms with Crippen molar-refractivity contribution in [2.75, 3.05) is 11.9 Å². The molecule has 3 atom stereocenters. The van der Waals surface area contributed by atoms with Gasteiger partial charge >= 0.3 is 0 Å². The van der Waals surface area contributed by atoms with Gasteiger partial charge in [-0.3, -0.25) is 0 Å². The van der Waals surface area contributed by atoms with Crippen molar-refractivity contribution in [3.8, 4) is 0 Å². The first-order valence-corrected chi connectivity index (χ1v) is 7.25. The summed E-state index contributed by atoms with van der Waals surface area (Å²) in [4.78, 5) is 0. The highest BCUT2D eigenvalue weighted by Gasteiger charge is 2.58. The van der Waals surface area contributed by atoms with E-state index in [1.165, 1.54) is 12.1 Å². The van der Waals surface area contributed by atoms with Crippen molar-refractivity contribution in [2.45, 2.75) is 45.8 Å². The lowest BCUT2D eigenvalue weighted by atomic mass is 9.55. The van der Waals surface area contributed by atoms with Crippen LogP contribution in [0, 0.1) is 29.9 Å². The summed E-state index contributed by atoms with van der Waals surface area (Å²) in [5, 5.41) is 3.12. The van der Waals surface area contributed by atoms with Crippen LogP contribution >= 0.6 is 0 Å². The lowest BCUT2D eigenvalue weighted by Crippen LogP contribution is -2.67. The van der Waals surface area contributed by atoms with E-state index in [9.17, 15) is 8.78 Å². The number of aryl methyl sites for hydroxylation is 1. The molecule has 1 aromatic carbocycles. The third kappa shape index (κ3) is 1.93. The van der Waals surface area contributed by atoms with Gasteiger partial charge in [0.15, 0.2) is 5.82 Å². The molecule has 1 heterocycles. The Balaban J connectivity index is 1.86. The van der Waals surface area contributed by atoms with Gasteiger partial charge < -0.3 is 10.1 Å². The number of hydrogen-bond donors (Lipinski definition) is 1. The predicted molar refractivity (Wildman–Crippen MR) is 74.8 cm³/mol. The molecule has 1 aromatic rings. The highest BCUT2D eigenvalue weighted by atomic mass is 19.1. The van der Waals surface area contributed by atoms with Crippen LogP contribution in [0.2, 0.25) is 0 Å². The Kier molecular flexibility index (Phi) is 3.24. The third-order valence-corrected chi connectivity index (χ3v) is 4.92. The van der Waals surface area contributed by atoms with E-state index in [4.69, 9.17) is 4.74 Å². The first-order valence-electron chi connectivity index (χ1n) is 7.25. The van der Waals surface area contributed by atoms with E-state index < -0.39 is 11.6 Å². The van der Waals surface area contributed by atoms with Crippen LogP contribution in [0.3, 0.4) is 0 Å². The predicted octanol–water partition coefficient (Wildman–Crippen LogP) is 3.89. The SMILES string of the molecule is Cc1ccc(F)c(NC2C3CCCOC3C2(C)C)c1F. The molecule has 3 unspecified atom stereocenters. The Bertz CT molecular complexity index is 529. The maximum absolute atomic E-state index is 14.1. The number of fused-ring (bicyclic) bond motifs is 1. The van der Waals surface area contributed by atoms with Crippen molar-refractivity contribution in [1.82, 2.24) is 0 Å². The topological polar surface area (TPSA) is 21.3 Å². The van der Waals surface area contributed by atoms with E-state index in [1.807, 2.05) is 0 Å². The smallest absolute Gasteiger partial charge is 0.152 e. The minimum absolute atomic E-state index is 0.00657. The molecule has 2 fully saturated rings. The van der Waals surface area contributed by atoms with Crippen molar-refractivity contribution in [2.24, 2.45) is 11.3 Å². The molecule has 0 amide bonds. The minimum Gasteiger partial charge on any atom is -0.377 e. The van der Waals surface area contributed by atoms with Crippen molar-refractivity contribution < 1.29 is 13.5 Å². The van der Waals surface area contributed by atoms with Crippen LogP contribution in [0.25, 0.3) is 0 Å². The number of halogens is 2. The van der Waals surface area contributed by atoms with Crippen molar-refractivity contribution in [1.29, 1.82) is 0 Å². The molecule has 0 radical (unpaired) electrons. The average Bonchev–Trinajstić information content (AvgIpc) is 2.43. The third-order valence-electron chi connectivity index (χ3n) is 4.92. The number of hydrogen-bond acceptors (Lipinski definition) is 2. The molecule has 0 bridgehead atoms. The minimum atomic E-state index is -0.524. The zero-order valence-electron chi connectivity index (χ0n) is 12.2. The monoisotopic (exact) mass is 281 g/mol. The molecule has 20 heavy (non-hydrogen) atoms. The molecule has 1 saturated heterocycles. The van der Waals surface area contributed by atoms with Crippen LogP contribution < -0.4 is 5.32 Å². The molecule has 3 rings (SSSR count). The lowest BCUT2D eigenvalue weighted by molar-refractivity contribution is -0.177. The quantitative estimate of drug-likeness (QED) is 0.888. The van der Waals surface area contributed by atoms with Gasteiger partial charge in [0.05, 0.1) is 6.10 Å². The average molecular weight is 281 g/mol. The van der Waals surface area contributed by atoms with E-state index in [0.29, 0.717) is 11.5 Å². The van der Waals surface area contributed by atoms with Crippen LogP contribution in [-0.4, -0.2) is 18.8 Å². The van der Waals surface area contributed by atoms with Crippen LogP contribution in [-0.2, 0) is 4.74 Å². The summed E-state index contributed by atoms with van der Waals surface area (Å²) in [6, 6.07) is 2.84. The molecule has 1 saturated carbocycles. The van der Waals surface area contributed by atoms with Crippen molar-refractivity contribution in [3.63, 3.8) is 0 Å². The lowest BCUT2D eigenvalue weighted by Gasteiger charge is -2.60. The number of ether oxygens (including phenoxy) is 1. The molecule has 1 aliphatic heterocycles. The summed E-state index contributed by atoms with van der Waals surface area (Å²) in [5.41, 5.74) is 0.364. The van der Waals surface area contributed by atoms with Gasteiger partial charge in [0, 0.05) is 24.0 Å². The molecular formula is C16H21F2NO. The Morgan fingerprint density at radius 1 is 1.30 bits per heavy atom. The molecule has 0 spiro atoms. The summed E-state index contributed by atoms with van der Waals surface area (Å²) >= 11 is 0. The van der Waals surface area contributed by atoms with Gasteiger partial charge in [-0.05, 0) is 31.4 Å². The first-order chi connectivity index (χ1) is 9.43. The Labute approximate surface area is 118 Å². The van der Waals surface area contributed by atoms with E-state index in [2.05, 4.69) is 19.2 Å². The van der Waals surface area contributed by atoms with Crippen LogP contribution in [0.15, 0.2) is 12.1 Å². The Morgan fingerprint density at radius 2 is 2.05 bits per heavy atom. The fourth-order valence-corrected chi connectivity index (χ4v) is 3.76. The molecule has 1 aliphatic carbocycles. The van der Waals surface area contributed by atoms with Crippen LogP contribution in [0.1, 0.15) is 32.3 Å². The van der Waals surface area contributed by atoms with E-state index >= 15 is 0 Å². The van der Waals surface area contributed by atoms with E-state index in [-0.39, 0.29) is 23.2 Å². The van der Waals surface area contributed by atoms with E-state index in [0.717, 1.165) is 19.4 Å². The number of anilines is 1. The normalized spacial score (nSPS) is 31.4. The number of benzene rings is 1. The summed E-state index contributed by atoms with van der Waals surface area (Å²) in [6.07, 6.45) is 2.28. The van der Waals surface area contributed by atoms with Gasteiger partial charge in [-0.1, -0.05) is 19.9 Å². The molecule has 2 aliphatic rings. The van der Waals surface area contributed by atoms with Crippen molar-refractivity contribution in [3.05, 3.63) is 29.3 Å². The highest BCUT2D eigenvalue weighted by Crippen LogP contribution is 2.52. The van der Waals surface area contributed by atoms with Gasteiger partial charge in [0.2, 0.25) is 0 Å². The second-order valence-corrected chi connectivity index (χ2v) is 6.59. The molecule has 110 valence electrons. The second kappa shape index (κ2) is 4.69. The van der Waals surface area contributed by atoms with Gasteiger partial charge in [0.1, 0.15) is 11.5 Å². The molecular weight excluding hydrogens is 260 g/mol. The summed E-state index contributed by atoms with van der Waals surface area (Å²) in [5.74, 6) is -0.664. The van der Waals surface area contributed by atoms with Crippen molar-refractivity contribution >= 4 is 5.69 Å². The molecule has 0 aromatic heterocycles. The largest absolute Gasteiger partial charge is 0.377 e. The zero-order valence-corrected chi connectivity index (χ0v) is 12.2. The van der Waals surface area contributed by atoms with Gasteiger partial charge in [0.25, 0.3) is 0 Å². The van der Waals surface area contributed by atoms with E-state index in [1.54, 1.807) is 6.92 Å². The fourth-order valence-electron chi connectivity index (χ4n) is 3.76. The zero-order chi connectivity index (χ0) is 14.5. The standard InChI is InChI=1S/C16H21F2NO/c1-9-6-7-11(17)13(12(9)18)19-14-10-5-4-8-20-15(10)16(14,2)3/h6-7,10,14-15,19H,4-5,8H2,1-3H3. The summed E-state index contributed by atoms with van der Waals surface area (Å²) in [7, 11) is 0. The second-order valence-electron chi connectivity index (χ2n) is 6.59. The molecule has 1 N–H and O–H groups in total.